The molecule has 11 nitrogen and oxygen atoms in total. The number of hydrogen-bond acceptors (Lipinski definition) is 9. The van der Waals surface area contributed by atoms with Crippen LogP contribution < -0.4 is 45.1 Å². The molecule has 0 aromatic heterocycles. The van der Waals surface area contributed by atoms with Crippen LogP contribution in [0.2, 0.25) is 0 Å². The highest BCUT2D eigenvalue weighted by molar-refractivity contribution is 5.85. The van der Waals surface area contributed by atoms with E-state index in [9.17, 15) is 14.4 Å². The van der Waals surface area contributed by atoms with Crippen molar-refractivity contribution >= 4 is 17.5 Å². The van der Waals surface area contributed by atoms with E-state index in [0.29, 0.717) is 52.7 Å². The molecule has 0 saturated heterocycles. The van der Waals surface area contributed by atoms with E-state index < -0.39 is 12.1 Å². The maximum absolute atomic E-state index is 13.5. The van der Waals surface area contributed by atoms with Crippen LogP contribution in [0, 0.1) is 0 Å². The van der Waals surface area contributed by atoms with E-state index in [1.54, 1.807) is 52.5 Å². The monoisotopic (exact) mass is 605 g/mol. The number of aryl methyl sites for hydroxylation is 1. The lowest BCUT2D eigenvalue weighted by Crippen LogP contribution is -2.40. The minimum absolute atomic E-state index is 0.216. The molecule has 0 unspecified atom stereocenters. The molecule has 0 spiro atoms. The summed E-state index contributed by atoms with van der Waals surface area (Å²) in [7, 11) is 6.20. The maximum atomic E-state index is 13.5. The number of carbonyl (C=O) groups excluding carboxylic acids is 2. The first-order valence-corrected chi connectivity index (χ1v) is 14.3. The molecule has 0 bridgehead atoms. The van der Waals surface area contributed by atoms with Gasteiger partial charge in [-0.3, -0.25) is 14.4 Å². The minimum Gasteiger partial charge on any atom is -0.493 e. The van der Waals surface area contributed by atoms with Crippen LogP contribution in [0.25, 0.3) is 11.1 Å². The Bertz CT molecular complexity index is 1580. The number of hydrogen-bond donors (Lipinski definition) is 3. The molecule has 0 radical (unpaired) electrons. The molecule has 3 aromatic carbocycles. The van der Waals surface area contributed by atoms with Crippen LogP contribution in [0.3, 0.4) is 0 Å². The quantitative estimate of drug-likeness (QED) is 0.263. The topological polar surface area (TPSA) is 133 Å². The van der Waals surface area contributed by atoms with Gasteiger partial charge in [0.15, 0.2) is 23.0 Å². The number of amides is 2. The summed E-state index contributed by atoms with van der Waals surface area (Å²) in [5.41, 5.74) is 2.90. The van der Waals surface area contributed by atoms with Gasteiger partial charge in [0.25, 0.3) is 0 Å². The van der Waals surface area contributed by atoms with Crippen LogP contribution >= 0.6 is 0 Å². The molecule has 3 aromatic rings. The smallest absolute Gasteiger partial charge is 0.242 e. The van der Waals surface area contributed by atoms with E-state index in [0.717, 1.165) is 11.1 Å². The van der Waals surface area contributed by atoms with Crippen molar-refractivity contribution in [3.8, 4) is 39.9 Å². The Morgan fingerprint density at radius 1 is 0.909 bits per heavy atom. The zero-order valence-electron chi connectivity index (χ0n) is 25.9. The number of anilines is 1. The third-order valence-electron chi connectivity index (χ3n) is 7.41. The van der Waals surface area contributed by atoms with Gasteiger partial charge in [0.1, 0.15) is 12.6 Å². The number of nitrogens with one attached hydrogen (secondary N) is 3. The third-order valence-corrected chi connectivity index (χ3v) is 7.41. The van der Waals surface area contributed by atoms with E-state index in [2.05, 4.69) is 16.0 Å². The predicted molar refractivity (Wildman–Crippen MR) is 167 cm³/mol. The van der Waals surface area contributed by atoms with E-state index >= 15 is 0 Å². The number of carbonyl (C=O) groups is 2. The van der Waals surface area contributed by atoms with Crippen molar-refractivity contribution < 1.29 is 33.3 Å². The lowest BCUT2D eigenvalue weighted by atomic mass is 9.95. The summed E-state index contributed by atoms with van der Waals surface area (Å²) < 4.78 is 28.0. The van der Waals surface area contributed by atoms with Gasteiger partial charge in [-0.25, -0.2) is 0 Å². The van der Waals surface area contributed by atoms with Gasteiger partial charge in [0.2, 0.25) is 23.0 Å². The lowest BCUT2D eigenvalue weighted by molar-refractivity contribution is -0.121. The molecule has 234 valence electrons. The molecular weight excluding hydrogens is 566 g/mol. The Hall–Kier alpha value is -4.93. The van der Waals surface area contributed by atoms with E-state index in [1.807, 2.05) is 18.2 Å². The maximum Gasteiger partial charge on any atom is 0.242 e. The van der Waals surface area contributed by atoms with Crippen molar-refractivity contribution in [3.05, 3.63) is 69.9 Å². The molecule has 1 aliphatic rings. The highest BCUT2D eigenvalue weighted by Gasteiger charge is 2.29. The molecule has 0 saturated carbocycles. The Kier molecular flexibility index (Phi) is 10.5. The number of methoxy groups -OCH3 is 4. The number of ether oxygens (including phenoxy) is 5. The van der Waals surface area contributed by atoms with Crippen LogP contribution in [-0.4, -0.2) is 59.4 Å². The van der Waals surface area contributed by atoms with Crippen molar-refractivity contribution in [2.24, 2.45) is 0 Å². The average Bonchev–Trinajstić information content (AvgIpc) is 3.26. The molecule has 2 amide bonds. The van der Waals surface area contributed by atoms with Crippen LogP contribution in [-0.2, 0) is 16.0 Å². The number of benzene rings is 2. The van der Waals surface area contributed by atoms with Crippen LogP contribution in [0.4, 0.5) is 5.69 Å². The van der Waals surface area contributed by atoms with Crippen LogP contribution in [0.5, 0.6) is 28.7 Å². The average molecular weight is 606 g/mol. The zero-order valence-corrected chi connectivity index (χ0v) is 25.9. The summed E-state index contributed by atoms with van der Waals surface area (Å²) in [5.74, 6) is 2.06. The second-order valence-electron chi connectivity index (χ2n) is 10.3. The summed E-state index contributed by atoms with van der Waals surface area (Å²) in [6, 6.07) is 12.9. The number of fused-ring (bicyclic) bond motifs is 3. The minimum atomic E-state index is -0.728. The fourth-order valence-electron chi connectivity index (χ4n) is 5.35. The zero-order chi connectivity index (χ0) is 31.8. The van der Waals surface area contributed by atoms with Crippen molar-refractivity contribution in [3.63, 3.8) is 0 Å². The molecule has 3 N–H and O–H groups in total. The van der Waals surface area contributed by atoms with E-state index in [-0.39, 0.29) is 36.1 Å². The van der Waals surface area contributed by atoms with Gasteiger partial charge in [-0.2, -0.15) is 0 Å². The summed E-state index contributed by atoms with van der Waals surface area (Å²) >= 11 is 0. The predicted octanol–water partition coefficient (Wildman–Crippen LogP) is 3.87. The summed E-state index contributed by atoms with van der Waals surface area (Å²) in [6.45, 7) is 3.60. The Labute approximate surface area is 256 Å². The lowest BCUT2D eigenvalue weighted by Gasteiger charge is -2.19. The fourth-order valence-corrected chi connectivity index (χ4v) is 5.35. The van der Waals surface area contributed by atoms with Gasteiger partial charge in [-0.15, -0.1) is 0 Å². The molecule has 44 heavy (non-hydrogen) atoms. The SMILES string of the molecule is COc1ccccc1OCCNC(=O)[C@H](C)Nc1ccc2c(cc1=O)[C@@H](NC(C)=O)CCc1cc(OC)c(OC)c(OC)c1-2. The van der Waals surface area contributed by atoms with Gasteiger partial charge in [-0.05, 0) is 66.8 Å². The molecule has 1 aliphatic carbocycles. The first-order valence-electron chi connectivity index (χ1n) is 14.3. The molecule has 2 atom stereocenters. The van der Waals surface area contributed by atoms with Crippen molar-refractivity contribution in [2.75, 3.05) is 46.9 Å². The highest BCUT2D eigenvalue weighted by atomic mass is 16.5. The second-order valence-corrected chi connectivity index (χ2v) is 10.3. The van der Waals surface area contributed by atoms with Crippen molar-refractivity contribution in [2.45, 2.75) is 38.8 Å². The van der Waals surface area contributed by atoms with Gasteiger partial charge in [-0.1, -0.05) is 18.2 Å². The van der Waals surface area contributed by atoms with Crippen molar-refractivity contribution in [1.29, 1.82) is 0 Å². The van der Waals surface area contributed by atoms with Gasteiger partial charge in [0.05, 0.1) is 46.7 Å². The third kappa shape index (κ3) is 6.99. The number of para-hydroxylation sites is 2. The summed E-state index contributed by atoms with van der Waals surface area (Å²) in [4.78, 5) is 38.6. The normalized spacial score (nSPS) is 14.1. The van der Waals surface area contributed by atoms with Crippen LogP contribution in [0.15, 0.2) is 53.3 Å². The molecular formula is C33H39N3O8. The van der Waals surface area contributed by atoms with E-state index in [1.165, 1.54) is 20.1 Å². The standard InChI is InChI=1S/C33H39N3O8/c1-19(33(39)34-15-16-44-28-10-8-7-9-27(28)40-3)35-25-14-12-22-23(18-26(25)38)24(36-20(2)37)13-11-21-17-29(41-4)31(42-5)32(43-6)30(21)22/h7-10,12,14,17-19,24H,11,13,15-16H2,1-6H3,(H,34,39)(H,35,38)(H,36,37)/t19-,24-/m0/s1. The molecule has 0 aliphatic heterocycles. The fraction of sp³-hybridized carbons (Fsp3) is 0.364. The summed E-state index contributed by atoms with van der Waals surface area (Å²) in [5, 5.41) is 8.86. The first kappa shape index (κ1) is 32.0. The molecule has 0 fully saturated rings. The first-order chi connectivity index (χ1) is 21.2. The Balaban J connectivity index is 1.62. The molecule has 11 heteroatoms. The number of rotatable bonds is 12. The van der Waals surface area contributed by atoms with Gasteiger partial charge >= 0.3 is 0 Å². The second kappa shape index (κ2) is 14.5. The largest absolute Gasteiger partial charge is 0.493 e. The van der Waals surface area contributed by atoms with E-state index in [4.69, 9.17) is 23.7 Å². The van der Waals surface area contributed by atoms with Crippen LogP contribution in [0.1, 0.15) is 37.4 Å². The summed E-state index contributed by atoms with van der Waals surface area (Å²) in [6.07, 6.45) is 1.13. The Morgan fingerprint density at radius 2 is 1.61 bits per heavy atom. The molecule has 4 rings (SSSR count). The van der Waals surface area contributed by atoms with Gasteiger partial charge < -0.3 is 39.6 Å². The Morgan fingerprint density at radius 3 is 2.27 bits per heavy atom. The highest BCUT2D eigenvalue weighted by Crippen LogP contribution is 2.50. The molecule has 0 heterocycles. The van der Waals surface area contributed by atoms with Gasteiger partial charge in [0, 0.05) is 12.5 Å². The van der Waals surface area contributed by atoms with Crippen molar-refractivity contribution in [1.82, 2.24) is 10.6 Å².